The largest absolute Gasteiger partial charge is 0.493 e. The molecule has 0 saturated carbocycles. The number of imide groups is 1. The van der Waals surface area contributed by atoms with Crippen molar-refractivity contribution < 1.29 is 18.7 Å². The van der Waals surface area contributed by atoms with E-state index in [2.05, 4.69) is 16.0 Å². The van der Waals surface area contributed by atoms with E-state index in [1.165, 1.54) is 6.07 Å². The van der Waals surface area contributed by atoms with E-state index >= 15 is 0 Å². The van der Waals surface area contributed by atoms with Gasteiger partial charge in [-0.3, -0.25) is 5.32 Å². The van der Waals surface area contributed by atoms with Crippen molar-refractivity contribution in [2.45, 2.75) is 45.6 Å². The fraction of sp³-hybridized carbons (Fsp3) is 0.500. The molecule has 24 heavy (non-hydrogen) atoms. The lowest BCUT2D eigenvalue weighted by Gasteiger charge is -2.36. The number of urea groups is 2. The zero-order chi connectivity index (χ0) is 17.4. The Bertz CT molecular complexity index is 662. The molecule has 3 N–H and O–H groups in total. The molecule has 2 heterocycles. The Morgan fingerprint density at radius 3 is 2.54 bits per heavy atom. The Morgan fingerprint density at radius 2 is 1.92 bits per heavy atom. The number of carbonyl (C=O) groups excluding carboxylic acids is 2. The Kier molecular flexibility index (Phi) is 4.31. The van der Waals surface area contributed by atoms with E-state index in [-0.39, 0.29) is 11.9 Å². The van der Waals surface area contributed by atoms with Crippen LogP contribution in [-0.4, -0.2) is 35.9 Å². The SMILES string of the molecule is CC(C)N1C(=O)NC(N[C@@H](C)c2cc3c(cc2F)CCO3)NC1=O. The Labute approximate surface area is 139 Å². The van der Waals surface area contributed by atoms with E-state index in [0.29, 0.717) is 24.3 Å². The van der Waals surface area contributed by atoms with Crippen LogP contribution in [0.5, 0.6) is 5.75 Å². The van der Waals surface area contributed by atoms with Gasteiger partial charge >= 0.3 is 12.1 Å². The second kappa shape index (κ2) is 6.27. The number of carbonyl (C=O) groups is 2. The zero-order valence-electron chi connectivity index (χ0n) is 13.9. The summed E-state index contributed by atoms with van der Waals surface area (Å²) in [6.45, 7) is 5.80. The monoisotopic (exact) mass is 336 g/mol. The summed E-state index contributed by atoms with van der Waals surface area (Å²) in [5.41, 5.74) is 1.28. The van der Waals surface area contributed by atoms with Gasteiger partial charge in [0.05, 0.1) is 6.61 Å². The van der Waals surface area contributed by atoms with Crippen LogP contribution in [0.3, 0.4) is 0 Å². The normalized spacial score (nSPS) is 19.0. The molecule has 0 aliphatic carbocycles. The van der Waals surface area contributed by atoms with E-state index < -0.39 is 24.4 Å². The van der Waals surface area contributed by atoms with Gasteiger partial charge in [0, 0.05) is 29.6 Å². The van der Waals surface area contributed by atoms with Crippen LogP contribution >= 0.6 is 0 Å². The van der Waals surface area contributed by atoms with Gasteiger partial charge in [0.15, 0.2) is 6.29 Å². The molecule has 1 aromatic rings. The smallest absolute Gasteiger partial charge is 0.328 e. The number of nitrogens with zero attached hydrogens (tertiary/aromatic N) is 1. The number of halogens is 1. The van der Waals surface area contributed by atoms with Crippen molar-refractivity contribution in [3.8, 4) is 5.75 Å². The van der Waals surface area contributed by atoms with Gasteiger partial charge in [0.1, 0.15) is 11.6 Å². The van der Waals surface area contributed by atoms with E-state index in [4.69, 9.17) is 4.74 Å². The van der Waals surface area contributed by atoms with Crippen LogP contribution in [0.25, 0.3) is 0 Å². The number of amides is 4. The molecular formula is C16H21FN4O3. The molecule has 0 bridgehead atoms. The molecule has 2 aliphatic heterocycles. The van der Waals surface area contributed by atoms with E-state index in [1.54, 1.807) is 26.8 Å². The van der Waals surface area contributed by atoms with Crippen LogP contribution < -0.4 is 20.7 Å². The Balaban J connectivity index is 1.71. The molecule has 1 saturated heterocycles. The summed E-state index contributed by atoms with van der Waals surface area (Å²) < 4.78 is 19.8. The summed E-state index contributed by atoms with van der Waals surface area (Å²) in [4.78, 5) is 25.1. The number of hydrogen-bond acceptors (Lipinski definition) is 4. The van der Waals surface area contributed by atoms with Crippen LogP contribution in [0.15, 0.2) is 12.1 Å². The van der Waals surface area contributed by atoms with Crippen molar-refractivity contribution in [2.24, 2.45) is 0 Å². The number of nitrogens with one attached hydrogen (secondary N) is 3. The van der Waals surface area contributed by atoms with E-state index in [0.717, 1.165) is 10.5 Å². The summed E-state index contributed by atoms with van der Waals surface area (Å²) in [7, 11) is 0. The minimum absolute atomic E-state index is 0.255. The van der Waals surface area contributed by atoms with E-state index in [1.807, 2.05) is 0 Å². The number of rotatable bonds is 4. The molecular weight excluding hydrogens is 315 g/mol. The maximum absolute atomic E-state index is 14.3. The van der Waals surface area contributed by atoms with Crippen molar-refractivity contribution in [3.05, 3.63) is 29.1 Å². The van der Waals surface area contributed by atoms with Crippen molar-refractivity contribution in [1.29, 1.82) is 0 Å². The van der Waals surface area contributed by atoms with Gasteiger partial charge in [-0.05, 0) is 32.9 Å². The molecule has 7 nitrogen and oxygen atoms in total. The van der Waals surface area contributed by atoms with Crippen molar-refractivity contribution in [1.82, 2.24) is 20.9 Å². The summed E-state index contributed by atoms with van der Waals surface area (Å²) in [6, 6.07) is 1.48. The van der Waals surface area contributed by atoms with Gasteiger partial charge in [0.2, 0.25) is 0 Å². The molecule has 1 fully saturated rings. The maximum atomic E-state index is 14.3. The van der Waals surface area contributed by atoms with Crippen molar-refractivity contribution in [3.63, 3.8) is 0 Å². The lowest BCUT2D eigenvalue weighted by molar-refractivity contribution is 0.146. The number of benzene rings is 1. The number of ether oxygens (including phenoxy) is 1. The average Bonchev–Trinajstić information content (AvgIpc) is 2.92. The predicted octanol–water partition coefficient (Wildman–Crippen LogP) is 1.84. The van der Waals surface area contributed by atoms with Gasteiger partial charge in [-0.1, -0.05) is 0 Å². The van der Waals surface area contributed by atoms with Gasteiger partial charge in [-0.25, -0.2) is 18.9 Å². The molecule has 4 amide bonds. The second-order valence-electron chi connectivity index (χ2n) is 6.26. The highest BCUT2D eigenvalue weighted by atomic mass is 19.1. The molecule has 8 heteroatoms. The second-order valence-corrected chi connectivity index (χ2v) is 6.26. The fourth-order valence-electron chi connectivity index (χ4n) is 2.95. The zero-order valence-corrected chi connectivity index (χ0v) is 13.9. The molecule has 130 valence electrons. The summed E-state index contributed by atoms with van der Waals surface area (Å²) in [5, 5.41) is 8.28. The number of fused-ring (bicyclic) bond motifs is 1. The highest BCUT2D eigenvalue weighted by molar-refractivity contribution is 5.96. The molecule has 0 spiro atoms. The fourth-order valence-corrected chi connectivity index (χ4v) is 2.95. The summed E-state index contributed by atoms with van der Waals surface area (Å²) >= 11 is 0. The van der Waals surface area contributed by atoms with Crippen LogP contribution in [0.2, 0.25) is 0 Å². The number of hydrogen-bond donors (Lipinski definition) is 3. The molecule has 0 aromatic heterocycles. The Hall–Kier alpha value is -2.35. The third-order valence-corrected chi connectivity index (χ3v) is 4.18. The molecule has 1 atom stereocenters. The summed E-state index contributed by atoms with van der Waals surface area (Å²) in [6.07, 6.45) is -0.0720. The molecule has 2 aliphatic rings. The van der Waals surface area contributed by atoms with Crippen molar-refractivity contribution in [2.75, 3.05) is 6.61 Å². The summed E-state index contributed by atoms with van der Waals surface area (Å²) in [5.74, 6) is 0.347. The third-order valence-electron chi connectivity index (χ3n) is 4.18. The molecule has 3 rings (SSSR count). The van der Waals surface area contributed by atoms with Gasteiger partial charge in [-0.15, -0.1) is 0 Å². The van der Waals surface area contributed by atoms with E-state index in [9.17, 15) is 14.0 Å². The minimum Gasteiger partial charge on any atom is -0.493 e. The highest BCUT2D eigenvalue weighted by Crippen LogP contribution is 2.31. The van der Waals surface area contributed by atoms with Gasteiger partial charge in [-0.2, -0.15) is 0 Å². The lowest BCUT2D eigenvalue weighted by Crippen LogP contribution is -2.69. The van der Waals surface area contributed by atoms with Crippen LogP contribution in [0, 0.1) is 5.82 Å². The quantitative estimate of drug-likeness (QED) is 0.783. The minimum atomic E-state index is -0.774. The van der Waals surface area contributed by atoms with Crippen LogP contribution in [-0.2, 0) is 6.42 Å². The average molecular weight is 336 g/mol. The predicted molar refractivity (Wildman–Crippen MR) is 85.0 cm³/mol. The third kappa shape index (κ3) is 3.01. The highest BCUT2D eigenvalue weighted by Gasteiger charge is 2.33. The first-order chi connectivity index (χ1) is 11.4. The van der Waals surface area contributed by atoms with Crippen LogP contribution in [0.1, 0.15) is 37.9 Å². The standard InChI is InChI=1S/C16H21FN4O3/c1-8(2)21-15(22)19-14(20-16(21)23)18-9(3)11-7-13-10(4-5-24-13)6-12(11)17/h6-9,14,18H,4-5H2,1-3H3,(H,19,22)(H,20,23)/t9-/m0/s1. The first kappa shape index (κ1) is 16.5. The topological polar surface area (TPSA) is 82.7 Å². The van der Waals surface area contributed by atoms with Crippen molar-refractivity contribution >= 4 is 12.1 Å². The molecule has 0 radical (unpaired) electrons. The van der Waals surface area contributed by atoms with Crippen LogP contribution in [0.4, 0.5) is 14.0 Å². The maximum Gasteiger partial charge on any atom is 0.328 e. The molecule has 0 unspecified atom stereocenters. The first-order valence-electron chi connectivity index (χ1n) is 7.98. The lowest BCUT2D eigenvalue weighted by atomic mass is 10.0. The van der Waals surface area contributed by atoms with Gasteiger partial charge < -0.3 is 15.4 Å². The van der Waals surface area contributed by atoms with Gasteiger partial charge in [0.25, 0.3) is 0 Å². The Morgan fingerprint density at radius 1 is 1.25 bits per heavy atom. The molecule has 1 aromatic carbocycles. The first-order valence-corrected chi connectivity index (χ1v) is 7.98.